The van der Waals surface area contributed by atoms with Gasteiger partial charge in [0.05, 0.1) is 11.8 Å². The van der Waals surface area contributed by atoms with Gasteiger partial charge >= 0.3 is 0 Å². The average Bonchev–Trinajstić information content (AvgIpc) is 3.38. The molecule has 1 N–H and O–H groups in total. The number of rotatable bonds is 4. The molecule has 3 nitrogen and oxygen atoms in total. The number of ketones is 1. The predicted octanol–water partition coefficient (Wildman–Crippen LogP) is 3.84. The van der Waals surface area contributed by atoms with E-state index >= 15 is 4.39 Å². The van der Waals surface area contributed by atoms with Gasteiger partial charge in [0.25, 0.3) is 0 Å². The van der Waals surface area contributed by atoms with Crippen LogP contribution in [0, 0.1) is 5.92 Å². The maximum absolute atomic E-state index is 15.5. The van der Waals surface area contributed by atoms with E-state index < -0.39 is 11.8 Å². The molecule has 0 saturated heterocycles. The first-order valence-corrected chi connectivity index (χ1v) is 8.50. The smallest absolute Gasteiger partial charge is 0.195 e. The zero-order valence-corrected chi connectivity index (χ0v) is 13.4. The van der Waals surface area contributed by atoms with Crippen LogP contribution in [0.5, 0.6) is 0 Å². The van der Waals surface area contributed by atoms with Gasteiger partial charge in [-0.25, -0.2) is 4.39 Å². The molecular formula is C20H20FNO2. The summed E-state index contributed by atoms with van der Waals surface area (Å²) >= 11 is 0. The summed E-state index contributed by atoms with van der Waals surface area (Å²) in [5.74, 6) is 0.216. The number of aliphatic hydroxyl groups excluding tert-OH is 1. The van der Waals surface area contributed by atoms with Gasteiger partial charge in [-0.1, -0.05) is 36.4 Å². The zero-order chi connectivity index (χ0) is 16.7. The number of hydrogen-bond acceptors (Lipinski definition) is 3. The second-order valence-corrected chi connectivity index (χ2v) is 6.93. The van der Waals surface area contributed by atoms with Crippen molar-refractivity contribution in [1.82, 2.24) is 4.98 Å². The highest BCUT2D eigenvalue weighted by atomic mass is 19.1. The number of aliphatic hydroxyl groups is 1. The van der Waals surface area contributed by atoms with Crippen molar-refractivity contribution < 1.29 is 14.3 Å². The normalized spacial score (nSPS) is 31.3. The Hall–Kier alpha value is -2.07. The van der Waals surface area contributed by atoms with E-state index in [0.717, 1.165) is 6.42 Å². The lowest BCUT2D eigenvalue weighted by Crippen LogP contribution is -2.37. The minimum absolute atomic E-state index is 0.0361. The molecule has 0 amide bonds. The summed E-state index contributed by atoms with van der Waals surface area (Å²) in [4.78, 5) is 16.8. The third-order valence-corrected chi connectivity index (χ3v) is 5.38. The lowest BCUT2D eigenvalue weighted by atomic mass is 9.77. The lowest BCUT2D eigenvalue weighted by Gasteiger charge is -2.32. The van der Waals surface area contributed by atoms with E-state index in [1.165, 1.54) is 11.8 Å². The summed E-state index contributed by atoms with van der Waals surface area (Å²) in [7, 11) is 0. The number of Topliss-reactive ketones (excluding diaryl/α,β-unsaturated/α-hetero) is 1. The third kappa shape index (κ3) is 2.55. The van der Waals surface area contributed by atoms with E-state index in [1.54, 1.807) is 12.1 Å². The molecule has 4 atom stereocenters. The van der Waals surface area contributed by atoms with Crippen molar-refractivity contribution in [3.63, 3.8) is 0 Å². The Morgan fingerprint density at radius 3 is 2.83 bits per heavy atom. The molecule has 2 aromatic rings. The van der Waals surface area contributed by atoms with E-state index in [2.05, 4.69) is 17.1 Å². The second kappa shape index (κ2) is 5.78. The molecule has 1 aromatic heterocycles. The summed E-state index contributed by atoms with van der Waals surface area (Å²) in [6.45, 7) is 0. The Morgan fingerprint density at radius 1 is 1.25 bits per heavy atom. The fraction of sp³-hybridized carbons (Fsp3) is 0.400. The van der Waals surface area contributed by atoms with Gasteiger partial charge in [-0.3, -0.25) is 9.78 Å². The van der Waals surface area contributed by atoms with Crippen molar-refractivity contribution in [2.45, 2.75) is 43.4 Å². The molecule has 0 spiro atoms. The fourth-order valence-corrected chi connectivity index (χ4v) is 3.90. The maximum atomic E-state index is 15.5. The van der Waals surface area contributed by atoms with Gasteiger partial charge in [0.2, 0.25) is 0 Å². The number of pyridine rings is 1. The molecule has 1 aromatic carbocycles. The molecule has 4 heteroatoms. The highest BCUT2D eigenvalue weighted by Crippen LogP contribution is 2.52. The van der Waals surface area contributed by atoms with E-state index in [1.807, 2.05) is 18.2 Å². The van der Waals surface area contributed by atoms with Gasteiger partial charge in [0.15, 0.2) is 11.5 Å². The highest BCUT2D eigenvalue weighted by Gasteiger charge is 2.49. The first-order valence-electron chi connectivity index (χ1n) is 8.50. The average molecular weight is 325 g/mol. The summed E-state index contributed by atoms with van der Waals surface area (Å²) in [5, 5.41) is 10.0. The number of halogens is 1. The first kappa shape index (κ1) is 15.5. The standard InChI is InChI=1S/C20H20FNO2/c21-20(9-8-17(23)19-16(20)7-4-10-22-19)18(24)12-14-11-15(14)13-5-2-1-3-6-13/h1-7,10,14-15,17,23H,8-9,11-12H2/t14-,15-,17-,20-/m0/s1. The number of fused-ring (bicyclic) bond motifs is 1. The predicted molar refractivity (Wildman–Crippen MR) is 88.1 cm³/mol. The summed E-state index contributed by atoms with van der Waals surface area (Å²) in [6.07, 6.45) is 2.21. The Balaban J connectivity index is 1.52. The summed E-state index contributed by atoms with van der Waals surface area (Å²) in [5.41, 5.74) is -0.211. The Kier molecular flexibility index (Phi) is 3.72. The van der Waals surface area contributed by atoms with Crippen molar-refractivity contribution in [3.05, 3.63) is 65.5 Å². The summed E-state index contributed by atoms with van der Waals surface area (Å²) < 4.78 is 15.5. The molecule has 4 rings (SSSR count). The van der Waals surface area contributed by atoms with Crippen LogP contribution in [-0.2, 0) is 10.5 Å². The molecule has 0 unspecified atom stereocenters. The number of hydrogen-bond donors (Lipinski definition) is 1. The molecule has 1 fully saturated rings. The lowest BCUT2D eigenvalue weighted by molar-refractivity contribution is -0.133. The Labute approximate surface area is 140 Å². The van der Waals surface area contributed by atoms with Gasteiger partial charge < -0.3 is 5.11 Å². The third-order valence-electron chi connectivity index (χ3n) is 5.38. The molecule has 2 aliphatic rings. The van der Waals surface area contributed by atoms with Crippen LogP contribution in [0.25, 0.3) is 0 Å². The monoisotopic (exact) mass is 325 g/mol. The molecule has 0 bridgehead atoms. The Morgan fingerprint density at radius 2 is 2.04 bits per heavy atom. The van der Waals surface area contributed by atoms with Gasteiger partial charge in [-0.05, 0) is 42.7 Å². The fourth-order valence-electron chi connectivity index (χ4n) is 3.90. The number of alkyl halides is 1. The van der Waals surface area contributed by atoms with Crippen molar-refractivity contribution in [2.24, 2.45) is 5.92 Å². The van der Waals surface area contributed by atoms with Crippen molar-refractivity contribution >= 4 is 5.78 Å². The minimum Gasteiger partial charge on any atom is -0.387 e. The van der Waals surface area contributed by atoms with Gasteiger partial charge in [-0.15, -0.1) is 0 Å². The van der Waals surface area contributed by atoms with Crippen molar-refractivity contribution in [1.29, 1.82) is 0 Å². The summed E-state index contributed by atoms with van der Waals surface area (Å²) in [6, 6.07) is 13.3. The van der Waals surface area contributed by atoms with Crippen molar-refractivity contribution in [2.75, 3.05) is 0 Å². The number of benzene rings is 1. The van der Waals surface area contributed by atoms with Gasteiger partial charge in [-0.2, -0.15) is 0 Å². The van der Waals surface area contributed by atoms with Crippen LogP contribution >= 0.6 is 0 Å². The topological polar surface area (TPSA) is 50.2 Å². The van der Waals surface area contributed by atoms with Crippen LogP contribution in [-0.4, -0.2) is 15.9 Å². The molecule has 1 saturated carbocycles. The number of nitrogens with zero attached hydrogens (tertiary/aromatic N) is 1. The molecule has 2 aliphatic carbocycles. The van der Waals surface area contributed by atoms with E-state index in [-0.39, 0.29) is 36.5 Å². The number of aromatic nitrogens is 1. The van der Waals surface area contributed by atoms with Crippen LogP contribution in [0.1, 0.15) is 54.5 Å². The molecule has 0 aliphatic heterocycles. The molecule has 24 heavy (non-hydrogen) atoms. The van der Waals surface area contributed by atoms with Gasteiger partial charge in [0, 0.05) is 18.2 Å². The molecule has 0 radical (unpaired) electrons. The van der Waals surface area contributed by atoms with Crippen LogP contribution in [0.4, 0.5) is 4.39 Å². The Bertz CT molecular complexity index is 763. The van der Waals surface area contributed by atoms with Gasteiger partial charge in [0.1, 0.15) is 0 Å². The minimum atomic E-state index is -2.01. The van der Waals surface area contributed by atoms with E-state index in [0.29, 0.717) is 11.6 Å². The highest BCUT2D eigenvalue weighted by molar-refractivity contribution is 5.89. The maximum Gasteiger partial charge on any atom is 0.195 e. The van der Waals surface area contributed by atoms with E-state index in [9.17, 15) is 9.90 Å². The second-order valence-electron chi connectivity index (χ2n) is 6.93. The number of carbonyl (C=O) groups excluding carboxylic acids is 1. The van der Waals surface area contributed by atoms with Crippen molar-refractivity contribution in [3.8, 4) is 0 Å². The van der Waals surface area contributed by atoms with Crippen LogP contribution in [0.2, 0.25) is 0 Å². The van der Waals surface area contributed by atoms with Crippen LogP contribution in [0.15, 0.2) is 48.7 Å². The largest absolute Gasteiger partial charge is 0.387 e. The molecule has 1 heterocycles. The SMILES string of the molecule is O=C(C[C@@H]1C[C@H]1c1ccccc1)[C@]1(F)CC[C@H](O)c2ncccc21. The van der Waals surface area contributed by atoms with Crippen LogP contribution < -0.4 is 0 Å². The molecular weight excluding hydrogens is 305 g/mol. The zero-order valence-electron chi connectivity index (χ0n) is 13.4. The van der Waals surface area contributed by atoms with Crippen LogP contribution in [0.3, 0.4) is 0 Å². The van der Waals surface area contributed by atoms with E-state index in [4.69, 9.17) is 0 Å². The first-order chi connectivity index (χ1) is 11.6. The quantitative estimate of drug-likeness (QED) is 0.929. The number of carbonyl (C=O) groups is 1. The molecule has 124 valence electrons.